The molecule has 0 aliphatic carbocycles. The Morgan fingerprint density at radius 2 is 2.09 bits per heavy atom. The zero-order chi connectivity index (χ0) is 17.0. The first-order valence-electron chi connectivity index (χ1n) is 6.48. The molecule has 0 spiro atoms. The van der Waals surface area contributed by atoms with Crippen LogP contribution in [0.4, 0.5) is 14.6 Å². The number of rotatable bonds is 4. The van der Waals surface area contributed by atoms with Crippen LogP contribution in [0, 0.1) is 11.6 Å². The van der Waals surface area contributed by atoms with Crippen LogP contribution < -0.4 is 15.7 Å². The number of anilines is 1. The maximum Gasteiger partial charge on any atom is 0.346 e. The van der Waals surface area contributed by atoms with Gasteiger partial charge in [0.1, 0.15) is 0 Å². The van der Waals surface area contributed by atoms with Gasteiger partial charge in [0.2, 0.25) is 0 Å². The number of halogens is 2. The van der Waals surface area contributed by atoms with Gasteiger partial charge in [-0.2, -0.15) is 4.98 Å². The van der Waals surface area contributed by atoms with Gasteiger partial charge in [-0.15, -0.1) is 0 Å². The number of nitrogens with zero attached hydrogens (tertiary/aromatic N) is 1. The van der Waals surface area contributed by atoms with Crippen molar-refractivity contribution < 1.29 is 18.3 Å². The molecule has 0 saturated heterocycles. The van der Waals surface area contributed by atoms with Gasteiger partial charge in [0.15, 0.2) is 23.2 Å². The number of benzene rings is 1. The van der Waals surface area contributed by atoms with Crippen molar-refractivity contribution in [2.45, 2.75) is 6.92 Å². The standard InChI is InChI=1S/C15H13F2N3O3/c1-8(5-9-3-4-12(23-2)10(16)6-9)14(21)19-13-11(17)7-18-15(22)20-13/h3-7H,1-2H3,(H2,18,19,20,21,22)/b8-5-. The Labute approximate surface area is 129 Å². The Bertz CT molecular complexity index is 831. The Hall–Kier alpha value is -3.03. The molecule has 1 heterocycles. The van der Waals surface area contributed by atoms with Gasteiger partial charge in [0, 0.05) is 5.57 Å². The zero-order valence-corrected chi connectivity index (χ0v) is 12.3. The van der Waals surface area contributed by atoms with E-state index in [0.717, 1.165) is 0 Å². The lowest BCUT2D eigenvalue weighted by Crippen LogP contribution is -2.20. The van der Waals surface area contributed by atoms with Gasteiger partial charge >= 0.3 is 5.69 Å². The number of methoxy groups -OCH3 is 1. The molecule has 8 heteroatoms. The summed E-state index contributed by atoms with van der Waals surface area (Å²) in [6.45, 7) is 1.47. The van der Waals surface area contributed by atoms with Crippen LogP contribution >= 0.6 is 0 Å². The molecule has 0 bridgehead atoms. The maximum absolute atomic E-state index is 13.6. The first-order chi connectivity index (χ1) is 10.9. The summed E-state index contributed by atoms with van der Waals surface area (Å²) in [5.74, 6) is -2.40. The molecular weight excluding hydrogens is 308 g/mol. The van der Waals surface area contributed by atoms with Crippen LogP contribution in [0.5, 0.6) is 5.75 Å². The second kappa shape index (κ2) is 6.82. The van der Waals surface area contributed by atoms with E-state index in [1.807, 2.05) is 0 Å². The highest BCUT2D eigenvalue weighted by atomic mass is 19.1. The molecule has 0 unspecified atom stereocenters. The average molecular weight is 321 g/mol. The molecular formula is C15H13F2N3O3. The lowest BCUT2D eigenvalue weighted by Gasteiger charge is -2.06. The molecule has 0 aliphatic heterocycles. The van der Waals surface area contributed by atoms with Crippen molar-refractivity contribution in [1.29, 1.82) is 0 Å². The van der Waals surface area contributed by atoms with Gasteiger partial charge in [0.05, 0.1) is 13.3 Å². The predicted octanol–water partition coefficient (Wildman–Crippen LogP) is 2.10. The van der Waals surface area contributed by atoms with E-state index in [1.54, 1.807) is 6.07 Å². The Balaban J connectivity index is 2.20. The summed E-state index contributed by atoms with van der Waals surface area (Å²) in [5, 5.41) is 2.21. The molecule has 6 nitrogen and oxygen atoms in total. The van der Waals surface area contributed by atoms with Gasteiger partial charge in [0.25, 0.3) is 5.91 Å². The van der Waals surface area contributed by atoms with Crippen LogP contribution in [0.15, 0.2) is 34.8 Å². The molecule has 0 aliphatic rings. The summed E-state index contributed by atoms with van der Waals surface area (Å²) >= 11 is 0. The minimum atomic E-state index is -0.874. The van der Waals surface area contributed by atoms with E-state index in [2.05, 4.69) is 15.3 Å². The molecule has 1 aromatic heterocycles. The number of amides is 1. The van der Waals surface area contributed by atoms with Crippen molar-refractivity contribution in [2.24, 2.45) is 0 Å². The number of hydrogen-bond donors (Lipinski definition) is 2. The number of ether oxygens (including phenoxy) is 1. The summed E-state index contributed by atoms with van der Waals surface area (Å²) in [6, 6.07) is 4.18. The summed E-state index contributed by atoms with van der Waals surface area (Å²) < 4.78 is 31.8. The van der Waals surface area contributed by atoms with E-state index in [-0.39, 0.29) is 17.1 Å². The smallest absolute Gasteiger partial charge is 0.346 e. The van der Waals surface area contributed by atoms with Crippen molar-refractivity contribution >= 4 is 17.8 Å². The second-order valence-electron chi connectivity index (χ2n) is 4.59. The molecule has 2 rings (SSSR count). The number of aromatic amines is 1. The molecule has 1 aromatic carbocycles. The SMILES string of the molecule is COc1ccc(/C=C(/C)C(=O)Nc2[nH]c(=O)ncc2F)cc1F. The fraction of sp³-hybridized carbons (Fsp3) is 0.133. The lowest BCUT2D eigenvalue weighted by molar-refractivity contribution is -0.112. The highest BCUT2D eigenvalue weighted by molar-refractivity contribution is 6.05. The topological polar surface area (TPSA) is 84.1 Å². The van der Waals surface area contributed by atoms with Gasteiger partial charge in [-0.25, -0.2) is 13.6 Å². The van der Waals surface area contributed by atoms with E-state index in [9.17, 15) is 18.4 Å². The molecule has 0 atom stereocenters. The van der Waals surface area contributed by atoms with Crippen LogP contribution in [-0.4, -0.2) is 23.0 Å². The van der Waals surface area contributed by atoms with Gasteiger partial charge < -0.3 is 10.1 Å². The van der Waals surface area contributed by atoms with Crippen LogP contribution in [0.25, 0.3) is 6.08 Å². The number of aromatic nitrogens is 2. The van der Waals surface area contributed by atoms with Crippen LogP contribution in [0.1, 0.15) is 12.5 Å². The first-order valence-corrected chi connectivity index (χ1v) is 6.48. The van der Waals surface area contributed by atoms with Crippen molar-refractivity contribution in [2.75, 3.05) is 12.4 Å². The molecule has 0 fully saturated rings. The third-order valence-electron chi connectivity index (χ3n) is 2.92. The second-order valence-corrected chi connectivity index (χ2v) is 4.59. The zero-order valence-electron chi connectivity index (χ0n) is 12.3. The monoisotopic (exact) mass is 321 g/mol. The maximum atomic E-state index is 13.6. The molecule has 23 heavy (non-hydrogen) atoms. The first kappa shape index (κ1) is 16.3. The van der Waals surface area contributed by atoms with E-state index in [4.69, 9.17) is 4.74 Å². The number of H-pyrrole nitrogens is 1. The van der Waals surface area contributed by atoms with E-state index >= 15 is 0 Å². The summed E-state index contributed by atoms with van der Waals surface area (Å²) in [6.07, 6.45) is 2.11. The largest absolute Gasteiger partial charge is 0.494 e. The van der Waals surface area contributed by atoms with Crippen LogP contribution in [-0.2, 0) is 4.79 Å². The van der Waals surface area contributed by atoms with E-state index in [1.165, 1.54) is 32.2 Å². The van der Waals surface area contributed by atoms with Crippen LogP contribution in [0.3, 0.4) is 0 Å². The Kier molecular flexibility index (Phi) is 4.85. The minimum absolute atomic E-state index is 0.0840. The highest BCUT2D eigenvalue weighted by Crippen LogP contribution is 2.19. The van der Waals surface area contributed by atoms with E-state index < -0.39 is 23.2 Å². The molecule has 120 valence electrons. The minimum Gasteiger partial charge on any atom is -0.494 e. The Morgan fingerprint density at radius 1 is 1.35 bits per heavy atom. The third-order valence-corrected chi connectivity index (χ3v) is 2.92. The normalized spacial score (nSPS) is 11.2. The number of hydrogen-bond acceptors (Lipinski definition) is 4. The molecule has 1 amide bonds. The average Bonchev–Trinajstić information content (AvgIpc) is 2.51. The summed E-state index contributed by atoms with van der Waals surface area (Å²) in [7, 11) is 1.34. The fourth-order valence-corrected chi connectivity index (χ4v) is 1.77. The van der Waals surface area contributed by atoms with Crippen LogP contribution in [0.2, 0.25) is 0 Å². The number of nitrogens with one attached hydrogen (secondary N) is 2. The fourth-order valence-electron chi connectivity index (χ4n) is 1.77. The van der Waals surface area contributed by atoms with Crippen molar-refractivity contribution in [3.05, 3.63) is 57.7 Å². The molecule has 0 saturated carbocycles. The summed E-state index contributed by atoms with van der Waals surface area (Å²) in [5.41, 5.74) is -0.174. The van der Waals surface area contributed by atoms with Gasteiger partial charge in [-0.1, -0.05) is 6.07 Å². The quantitative estimate of drug-likeness (QED) is 0.845. The van der Waals surface area contributed by atoms with E-state index in [0.29, 0.717) is 11.8 Å². The van der Waals surface area contributed by atoms with Crippen molar-refractivity contribution in [1.82, 2.24) is 9.97 Å². The molecule has 2 aromatic rings. The number of carbonyl (C=O) groups is 1. The third kappa shape index (κ3) is 4.00. The predicted molar refractivity (Wildman–Crippen MR) is 80.0 cm³/mol. The summed E-state index contributed by atoms with van der Waals surface area (Å²) in [4.78, 5) is 28.3. The van der Waals surface area contributed by atoms with Crippen molar-refractivity contribution in [3.8, 4) is 5.75 Å². The molecule has 0 radical (unpaired) electrons. The van der Waals surface area contributed by atoms with Crippen molar-refractivity contribution in [3.63, 3.8) is 0 Å². The molecule has 2 N–H and O–H groups in total. The Morgan fingerprint density at radius 3 is 2.74 bits per heavy atom. The number of carbonyl (C=O) groups excluding carboxylic acids is 1. The highest BCUT2D eigenvalue weighted by Gasteiger charge is 2.11. The van der Waals surface area contributed by atoms with Gasteiger partial charge in [-0.05, 0) is 30.7 Å². The lowest BCUT2D eigenvalue weighted by atomic mass is 10.1. The van der Waals surface area contributed by atoms with Gasteiger partial charge in [-0.3, -0.25) is 9.78 Å².